The summed E-state index contributed by atoms with van der Waals surface area (Å²) in [5.41, 5.74) is 0. The van der Waals surface area contributed by atoms with Crippen LogP contribution in [0.2, 0.25) is 0 Å². The normalized spacial score (nSPS) is 20.6. The molecular formula is C16H27N3O4. The van der Waals surface area contributed by atoms with E-state index in [1.54, 1.807) is 11.8 Å². The standard InChI is InChI=1S/C16H27N3O4/c1-13(11-16(22)23)10-14(20)19-8-6-17(7-9-19)12-15(21)18-4-2-3-5-18/h13H,2-12H2,1H3,(H,22,23). The molecule has 1 unspecified atom stereocenters. The molecule has 1 N–H and O–H groups in total. The van der Waals surface area contributed by atoms with Gasteiger partial charge in [0, 0.05) is 52.1 Å². The van der Waals surface area contributed by atoms with E-state index in [1.807, 2.05) is 4.90 Å². The van der Waals surface area contributed by atoms with Gasteiger partial charge in [0.05, 0.1) is 6.54 Å². The Hall–Kier alpha value is -1.63. The SMILES string of the molecule is CC(CC(=O)O)CC(=O)N1CCN(CC(=O)N2CCCC2)CC1. The van der Waals surface area contributed by atoms with Gasteiger partial charge in [0.25, 0.3) is 0 Å². The summed E-state index contributed by atoms with van der Waals surface area (Å²) >= 11 is 0. The molecule has 2 aliphatic heterocycles. The summed E-state index contributed by atoms with van der Waals surface area (Å²) in [4.78, 5) is 40.8. The summed E-state index contributed by atoms with van der Waals surface area (Å²) in [6.45, 7) is 6.63. The van der Waals surface area contributed by atoms with Crippen molar-refractivity contribution in [2.24, 2.45) is 5.92 Å². The number of carboxylic acid groups (broad SMARTS) is 1. The molecule has 2 amide bonds. The average Bonchev–Trinajstić information content (AvgIpc) is 3.01. The zero-order valence-electron chi connectivity index (χ0n) is 13.9. The summed E-state index contributed by atoms with van der Waals surface area (Å²) in [6.07, 6.45) is 2.50. The molecule has 23 heavy (non-hydrogen) atoms. The maximum Gasteiger partial charge on any atom is 0.303 e. The van der Waals surface area contributed by atoms with Gasteiger partial charge in [0.1, 0.15) is 0 Å². The Kier molecular flexibility index (Phi) is 6.38. The molecule has 2 rings (SSSR count). The largest absolute Gasteiger partial charge is 0.481 e. The van der Waals surface area contributed by atoms with E-state index in [-0.39, 0.29) is 30.6 Å². The lowest BCUT2D eigenvalue weighted by atomic mass is 10.0. The summed E-state index contributed by atoms with van der Waals surface area (Å²) < 4.78 is 0. The van der Waals surface area contributed by atoms with Crippen LogP contribution in [-0.4, -0.2) is 83.4 Å². The highest BCUT2D eigenvalue weighted by atomic mass is 16.4. The molecule has 0 aliphatic carbocycles. The van der Waals surface area contributed by atoms with Gasteiger partial charge in [-0.2, -0.15) is 0 Å². The monoisotopic (exact) mass is 325 g/mol. The van der Waals surface area contributed by atoms with E-state index in [0.717, 1.165) is 25.9 Å². The molecule has 0 spiro atoms. The number of carbonyl (C=O) groups excluding carboxylic acids is 2. The molecule has 0 aromatic rings. The molecule has 0 aromatic heterocycles. The third-order valence-corrected chi connectivity index (χ3v) is 4.59. The van der Waals surface area contributed by atoms with Crippen LogP contribution >= 0.6 is 0 Å². The summed E-state index contributed by atoms with van der Waals surface area (Å²) in [7, 11) is 0. The van der Waals surface area contributed by atoms with Crippen LogP contribution in [0.15, 0.2) is 0 Å². The first kappa shape index (κ1) is 17.7. The quantitative estimate of drug-likeness (QED) is 0.757. The van der Waals surface area contributed by atoms with Crippen molar-refractivity contribution < 1.29 is 19.5 Å². The van der Waals surface area contributed by atoms with Gasteiger partial charge in [-0.05, 0) is 18.8 Å². The molecule has 0 bridgehead atoms. The van der Waals surface area contributed by atoms with E-state index in [9.17, 15) is 14.4 Å². The average molecular weight is 325 g/mol. The number of nitrogens with zero attached hydrogens (tertiary/aromatic N) is 3. The van der Waals surface area contributed by atoms with Crippen LogP contribution in [0, 0.1) is 5.92 Å². The Morgan fingerprint density at radius 1 is 0.870 bits per heavy atom. The molecule has 2 fully saturated rings. The van der Waals surface area contributed by atoms with Crippen LogP contribution in [0.1, 0.15) is 32.6 Å². The van der Waals surface area contributed by atoms with Gasteiger partial charge in [-0.3, -0.25) is 19.3 Å². The van der Waals surface area contributed by atoms with E-state index >= 15 is 0 Å². The van der Waals surface area contributed by atoms with Crippen molar-refractivity contribution in [1.82, 2.24) is 14.7 Å². The van der Waals surface area contributed by atoms with Crippen LogP contribution < -0.4 is 0 Å². The first-order valence-corrected chi connectivity index (χ1v) is 8.45. The second-order valence-electron chi connectivity index (χ2n) is 6.65. The molecule has 2 aliphatic rings. The van der Waals surface area contributed by atoms with Crippen LogP contribution in [0.25, 0.3) is 0 Å². The first-order valence-electron chi connectivity index (χ1n) is 8.45. The lowest BCUT2D eigenvalue weighted by Gasteiger charge is -2.35. The fraction of sp³-hybridized carbons (Fsp3) is 0.812. The number of rotatable bonds is 6. The van der Waals surface area contributed by atoms with Gasteiger partial charge in [0.15, 0.2) is 0 Å². The predicted octanol–water partition coefficient (Wildman–Crippen LogP) is 0.254. The van der Waals surface area contributed by atoms with Crippen molar-refractivity contribution in [3.8, 4) is 0 Å². The summed E-state index contributed by atoms with van der Waals surface area (Å²) in [6, 6.07) is 0. The summed E-state index contributed by atoms with van der Waals surface area (Å²) in [5.74, 6) is -0.799. The van der Waals surface area contributed by atoms with Crippen molar-refractivity contribution in [3.05, 3.63) is 0 Å². The lowest BCUT2D eigenvalue weighted by molar-refractivity contribution is -0.138. The molecule has 1 atom stereocenters. The third kappa shape index (κ3) is 5.49. The molecule has 7 nitrogen and oxygen atoms in total. The first-order chi connectivity index (χ1) is 11.0. The minimum absolute atomic E-state index is 0.0178. The maximum absolute atomic E-state index is 12.2. The molecule has 2 saturated heterocycles. The predicted molar refractivity (Wildman–Crippen MR) is 84.9 cm³/mol. The molecule has 2 heterocycles. The molecule has 0 radical (unpaired) electrons. The second-order valence-corrected chi connectivity index (χ2v) is 6.65. The van der Waals surface area contributed by atoms with Crippen molar-refractivity contribution >= 4 is 17.8 Å². The van der Waals surface area contributed by atoms with Crippen LogP contribution in [0.4, 0.5) is 0 Å². The number of likely N-dealkylation sites (tertiary alicyclic amines) is 1. The molecule has 0 aromatic carbocycles. The highest BCUT2D eigenvalue weighted by molar-refractivity contribution is 5.79. The molecule has 7 heteroatoms. The minimum atomic E-state index is -0.865. The van der Waals surface area contributed by atoms with Crippen LogP contribution in [0.3, 0.4) is 0 Å². The van der Waals surface area contributed by atoms with Gasteiger partial charge >= 0.3 is 5.97 Å². The van der Waals surface area contributed by atoms with Gasteiger partial charge in [-0.25, -0.2) is 0 Å². The Morgan fingerprint density at radius 3 is 2.00 bits per heavy atom. The van der Waals surface area contributed by atoms with Gasteiger partial charge in [-0.1, -0.05) is 6.92 Å². The number of amides is 2. The van der Waals surface area contributed by atoms with E-state index in [0.29, 0.717) is 32.7 Å². The molecule has 130 valence electrons. The van der Waals surface area contributed by atoms with Crippen LogP contribution in [-0.2, 0) is 14.4 Å². The number of carbonyl (C=O) groups is 3. The Labute approximate surface area is 137 Å². The highest BCUT2D eigenvalue weighted by Crippen LogP contribution is 2.13. The van der Waals surface area contributed by atoms with E-state index in [2.05, 4.69) is 4.90 Å². The summed E-state index contributed by atoms with van der Waals surface area (Å²) in [5, 5.41) is 8.75. The fourth-order valence-electron chi connectivity index (χ4n) is 3.21. The number of carboxylic acids is 1. The van der Waals surface area contributed by atoms with Gasteiger partial charge in [0.2, 0.25) is 11.8 Å². The van der Waals surface area contributed by atoms with E-state index < -0.39 is 5.97 Å². The number of aliphatic carboxylic acids is 1. The van der Waals surface area contributed by atoms with Crippen LogP contribution in [0.5, 0.6) is 0 Å². The Balaban J connectivity index is 1.69. The number of piperazine rings is 1. The Morgan fingerprint density at radius 2 is 1.43 bits per heavy atom. The number of hydrogen-bond donors (Lipinski definition) is 1. The van der Waals surface area contributed by atoms with Crippen molar-refractivity contribution in [3.63, 3.8) is 0 Å². The van der Waals surface area contributed by atoms with E-state index in [4.69, 9.17) is 5.11 Å². The van der Waals surface area contributed by atoms with Crippen molar-refractivity contribution in [2.45, 2.75) is 32.6 Å². The maximum atomic E-state index is 12.2. The Bertz CT molecular complexity index is 441. The molecule has 0 saturated carbocycles. The minimum Gasteiger partial charge on any atom is -0.481 e. The van der Waals surface area contributed by atoms with E-state index in [1.165, 1.54) is 0 Å². The topological polar surface area (TPSA) is 81.2 Å². The lowest BCUT2D eigenvalue weighted by Crippen LogP contribution is -2.51. The molecular weight excluding hydrogens is 298 g/mol. The smallest absolute Gasteiger partial charge is 0.303 e. The zero-order chi connectivity index (χ0) is 16.8. The third-order valence-electron chi connectivity index (χ3n) is 4.59. The van der Waals surface area contributed by atoms with Crippen molar-refractivity contribution in [2.75, 3.05) is 45.8 Å². The highest BCUT2D eigenvalue weighted by Gasteiger charge is 2.26. The second kappa shape index (κ2) is 8.29. The van der Waals surface area contributed by atoms with Gasteiger partial charge < -0.3 is 14.9 Å². The van der Waals surface area contributed by atoms with Crippen molar-refractivity contribution in [1.29, 1.82) is 0 Å². The zero-order valence-corrected chi connectivity index (χ0v) is 13.9. The number of hydrogen-bond acceptors (Lipinski definition) is 4. The fourth-order valence-corrected chi connectivity index (χ4v) is 3.21. The van der Waals surface area contributed by atoms with Gasteiger partial charge in [-0.15, -0.1) is 0 Å².